The molecule has 0 saturated carbocycles. The fourth-order valence-corrected chi connectivity index (χ4v) is 3.69. The van der Waals surface area contributed by atoms with Gasteiger partial charge in [0.2, 0.25) is 0 Å². The summed E-state index contributed by atoms with van der Waals surface area (Å²) >= 11 is 0. The number of nitro groups is 1. The number of hydrogen-bond donors (Lipinski definition) is 1. The third kappa shape index (κ3) is 4.32. The third-order valence-electron chi connectivity index (χ3n) is 5.23. The van der Waals surface area contributed by atoms with Crippen LogP contribution in [0.5, 0.6) is 0 Å². The standard InChI is InChI=1S/C21H23FN4O5/c1-12(2)10-16-20(28)18(19(27)14-4-6-15(22)7-5-14)21(29)25(16)9-8-24-13(3)23-11-17(24)26(30)31/h4-7,11-12,16,27H,8-10H2,1-3H3. The van der Waals surface area contributed by atoms with E-state index < -0.39 is 34.2 Å². The lowest BCUT2D eigenvalue weighted by molar-refractivity contribution is -0.392. The van der Waals surface area contributed by atoms with Crippen LogP contribution in [-0.2, 0) is 16.1 Å². The van der Waals surface area contributed by atoms with Crippen molar-refractivity contribution in [3.8, 4) is 0 Å². The number of aliphatic hydroxyl groups excluding tert-OH is 1. The van der Waals surface area contributed by atoms with Crippen molar-refractivity contribution in [2.75, 3.05) is 6.54 Å². The van der Waals surface area contributed by atoms with Gasteiger partial charge in [-0.15, -0.1) is 0 Å². The molecule has 1 aromatic heterocycles. The number of carbonyl (C=O) groups is 2. The summed E-state index contributed by atoms with van der Waals surface area (Å²) in [6.07, 6.45) is 1.51. The van der Waals surface area contributed by atoms with Gasteiger partial charge < -0.3 is 20.1 Å². The maximum absolute atomic E-state index is 13.2. The number of halogens is 1. The molecule has 10 heteroatoms. The van der Waals surface area contributed by atoms with Crippen LogP contribution >= 0.6 is 0 Å². The summed E-state index contributed by atoms with van der Waals surface area (Å²) in [5, 5.41) is 21.8. The van der Waals surface area contributed by atoms with E-state index in [4.69, 9.17) is 0 Å². The number of aryl methyl sites for hydroxylation is 1. The maximum atomic E-state index is 13.2. The highest BCUT2D eigenvalue weighted by Gasteiger charge is 2.45. The molecule has 1 fully saturated rings. The molecule has 1 aliphatic rings. The maximum Gasteiger partial charge on any atom is 0.342 e. The molecule has 3 rings (SSSR count). The molecule has 1 unspecified atom stereocenters. The molecule has 0 bridgehead atoms. The molecule has 1 saturated heterocycles. The Hall–Kier alpha value is -3.56. The molecule has 1 aromatic carbocycles. The molecular formula is C21H23FN4O5. The first kappa shape index (κ1) is 22.1. The van der Waals surface area contributed by atoms with Crippen LogP contribution in [-0.4, -0.2) is 48.8 Å². The van der Waals surface area contributed by atoms with Crippen LogP contribution in [0.2, 0.25) is 0 Å². The smallest absolute Gasteiger partial charge is 0.342 e. The highest BCUT2D eigenvalue weighted by atomic mass is 19.1. The number of aromatic nitrogens is 2. The van der Waals surface area contributed by atoms with Crippen LogP contribution in [0.15, 0.2) is 36.0 Å². The predicted molar refractivity (Wildman–Crippen MR) is 110 cm³/mol. The van der Waals surface area contributed by atoms with Gasteiger partial charge in [0.05, 0.1) is 12.6 Å². The summed E-state index contributed by atoms with van der Waals surface area (Å²) in [5.74, 6) is -1.90. The Morgan fingerprint density at radius 2 is 1.90 bits per heavy atom. The van der Waals surface area contributed by atoms with E-state index in [2.05, 4.69) is 4.98 Å². The molecular weight excluding hydrogens is 407 g/mol. The third-order valence-corrected chi connectivity index (χ3v) is 5.23. The Morgan fingerprint density at radius 3 is 2.48 bits per heavy atom. The van der Waals surface area contributed by atoms with Gasteiger partial charge in [0, 0.05) is 12.5 Å². The molecule has 0 aliphatic carbocycles. The highest BCUT2D eigenvalue weighted by molar-refractivity contribution is 6.30. The zero-order valence-corrected chi connectivity index (χ0v) is 17.4. The minimum Gasteiger partial charge on any atom is -0.506 e. The number of benzene rings is 1. The summed E-state index contributed by atoms with van der Waals surface area (Å²) < 4.78 is 14.6. The summed E-state index contributed by atoms with van der Waals surface area (Å²) in [5.41, 5.74) is -0.196. The largest absolute Gasteiger partial charge is 0.506 e. The van der Waals surface area contributed by atoms with E-state index in [0.29, 0.717) is 12.2 Å². The van der Waals surface area contributed by atoms with E-state index in [0.717, 1.165) is 18.3 Å². The second-order valence-corrected chi connectivity index (χ2v) is 7.81. The first-order valence-electron chi connectivity index (χ1n) is 9.82. The number of ketones is 1. The van der Waals surface area contributed by atoms with Crippen molar-refractivity contribution in [1.82, 2.24) is 14.5 Å². The summed E-state index contributed by atoms with van der Waals surface area (Å²) in [6, 6.07) is 4.03. The number of carbonyl (C=O) groups excluding carboxylic acids is 2. The number of aliphatic hydroxyl groups is 1. The van der Waals surface area contributed by atoms with E-state index in [1.165, 1.54) is 21.6 Å². The lowest BCUT2D eigenvalue weighted by Gasteiger charge is -2.23. The Balaban J connectivity index is 1.95. The van der Waals surface area contributed by atoms with Crippen LogP contribution in [0.4, 0.5) is 10.2 Å². The molecule has 1 aliphatic heterocycles. The van der Waals surface area contributed by atoms with Crippen LogP contribution in [0.1, 0.15) is 31.7 Å². The zero-order chi connectivity index (χ0) is 22.9. The van der Waals surface area contributed by atoms with Crippen molar-refractivity contribution in [2.24, 2.45) is 5.92 Å². The summed E-state index contributed by atoms with van der Waals surface area (Å²) in [4.78, 5) is 42.1. The lowest BCUT2D eigenvalue weighted by atomic mass is 9.98. The van der Waals surface area contributed by atoms with Gasteiger partial charge in [-0.2, -0.15) is 0 Å². The van der Waals surface area contributed by atoms with E-state index in [9.17, 15) is 29.2 Å². The quantitative estimate of drug-likeness (QED) is 0.237. The van der Waals surface area contributed by atoms with Gasteiger partial charge in [-0.25, -0.2) is 13.9 Å². The van der Waals surface area contributed by atoms with Crippen LogP contribution in [0.3, 0.4) is 0 Å². The van der Waals surface area contributed by atoms with Gasteiger partial charge in [0.1, 0.15) is 29.9 Å². The number of nitrogens with zero attached hydrogens (tertiary/aromatic N) is 4. The number of rotatable bonds is 7. The second kappa shape index (κ2) is 8.66. The molecule has 2 heterocycles. The number of imidazole rings is 1. The van der Waals surface area contributed by atoms with E-state index >= 15 is 0 Å². The van der Waals surface area contributed by atoms with Gasteiger partial charge in [-0.05, 0) is 41.5 Å². The van der Waals surface area contributed by atoms with Gasteiger partial charge in [0.15, 0.2) is 11.6 Å². The average molecular weight is 430 g/mol. The molecule has 1 N–H and O–H groups in total. The van der Waals surface area contributed by atoms with E-state index in [-0.39, 0.29) is 36.0 Å². The van der Waals surface area contributed by atoms with Crippen LogP contribution < -0.4 is 0 Å². The van der Waals surface area contributed by atoms with Crippen molar-refractivity contribution in [2.45, 2.75) is 39.8 Å². The minimum atomic E-state index is -0.798. The molecule has 164 valence electrons. The number of hydrogen-bond acceptors (Lipinski definition) is 6. The molecule has 1 amide bonds. The fraction of sp³-hybridized carbons (Fsp3) is 0.381. The fourth-order valence-electron chi connectivity index (χ4n) is 3.69. The number of amides is 1. The normalized spacial score (nSPS) is 18.2. The zero-order valence-electron chi connectivity index (χ0n) is 17.4. The number of likely N-dealkylation sites (tertiary alicyclic amines) is 1. The Bertz CT molecular complexity index is 1060. The first-order chi connectivity index (χ1) is 14.6. The van der Waals surface area contributed by atoms with E-state index in [1.807, 2.05) is 13.8 Å². The molecule has 31 heavy (non-hydrogen) atoms. The molecule has 1 atom stereocenters. The average Bonchev–Trinajstić information content (AvgIpc) is 3.17. The predicted octanol–water partition coefficient (Wildman–Crippen LogP) is 3.03. The van der Waals surface area contributed by atoms with Crippen molar-refractivity contribution >= 4 is 23.3 Å². The van der Waals surface area contributed by atoms with Gasteiger partial charge in [-0.3, -0.25) is 9.59 Å². The van der Waals surface area contributed by atoms with Crippen molar-refractivity contribution in [3.05, 3.63) is 63.4 Å². The summed E-state index contributed by atoms with van der Waals surface area (Å²) in [6.45, 7) is 5.52. The van der Waals surface area contributed by atoms with Gasteiger partial charge in [-0.1, -0.05) is 13.8 Å². The van der Waals surface area contributed by atoms with Gasteiger partial charge >= 0.3 is 5.82 Å². The SMILES string of the molecule is Cc1ncc([N+](=O)[O-])n1CCN1C(=O)C(=C(O)c2ccc(F)cc2)C(=O)C1CC(C)C. The first-order valence-corrected chi connectivity index (χ1v) is 9.82. The molecule has 9 nitrogen and oxygen atoms in total. The van der Waals surface area contributed by atoms with E-state index in [1.54, 1.807) is 6.92 Å². The molecule has 0 radical (unpaired) electrons. The topological polar surface area (TPSA) is 119 Å². The lowest BCUT2D eigenvalue weighted by Crippen LogP contribution is -2.38. The Kier molecular flexibility index (Phi) is 6.19. The van der Waals surface area contributed by atoms with Gasteiger partial charge in [0.25, 0.3) is 5.91 Å². The van der Waals surface area contributed by atoms with Crippen molar-refractivity contribution < 1.29 is 24.0 Å². The Labute approximate surface area is 178 Å². The Morgan fingerprint density at radius 1 is 1.26 bits per heavy atom. The monoisotopic (exact) mass is 430 g/mol. The van der Waals surface area contributed by atoms with Crippen molar-refractivity contribution in [3.63, 3.8) is 0 Å². The second-order valence-electron chi connectivity index (χ2n) is 7.81. The highest BCUT2D eigenvalue weighted by Crippen LogP contribution is 2.30. The number of Topliss-reactive ketones (excluding diaryl/α,β-unsaturated/α-hetero) is 1. The van der Waals surface area contributed by atoms with Crippen LogP contribution in [0, 0.1) is 28.8 Å². The molecule has 0 spiro atoms. The van der Waals surface area contributed by atoms with Crippen molar-refractivity contribution in [1.29, 1.82) is 0 Å². The van der Waals surface area contributed by atoms with Crippen LogP contribution in [0.25, 0.3) is 5.76 Å². The summed E-state index contributed by atoms with van der Waals surface area (Å²) in [7, 11) is 0. The minimum absolute atomic E-state index is 0.0280. The molecule has 2 aromatic rings.